The number of esters is 1. The molecule has 0 amide bonds. The molecule has 0 aliphatic rings. The minimum Gasteiger partial charge on any atom is -0.618 e. The first-order valence-corrected chi connectivity index (χ1v) is 14.4. The quantitative estimate of drug-likeness (QED) is 0.0738. The molecule has 4 aromatic carbocycles. The van der Waals surface area contributed by atoms with Gasteiger partial charge in [-0.3, -0.25) is 0 Å². The van der Waals surface area contributed by atoms with E-state index in [9.17, 15) is 18.4 Å². The number of hydrogen-bond acceptors (Lipinski definition) is 6. The molecule has 0 unspecified atom stereocenters. The van der Waals surface area contributed by atoms with Gasteiger partial charge in [-0.05, 0) is 44.2 Å². The average molecular weight is 566 g/mol. The van der Waals surface area contributed by atoms with Crippen molar-refractivity contribution < 1.29 is 22.7 Å². The number of carbonyl (C=O) groups is 1. The Hall–Kier alpha value is -5.02. The average Bonchev–Trinajstić information content (AvgIpc) is 3.39. The molecule has 0 N–H and O–H groups in total. The van der Waals surface area contributed by atoms with Gasteiger partial charge in [0, 0.05) is 29.3 Å². The summed E-state index contributed by atoms with van der Waals surface area (Å²) in [4.78, 5) is 18.3. The van der Waals surface area contributed by atoms with Gasteiger partial charge in [0.2, 0.25) is 5.69 Å². The summed E-state index contributed by atoms with van der Waals surface area (Å²) in [5, 5.41) is 14.3. The van der Waals surface area contributed by atoms with E-state index in [4.69, 9.17) is 9.73 Å². The van der Waals surface area contributed by atoms with Crippen LogP contribution in [0.4, 0.5) is 11.4 Å². The van der Waals surface area contributed by atoms with Crippen LogP contribution in [-0.4, -0.2) is 41.1 Å². The van der Waals surface area contributed by atoms with Gasteiger partial charge in [0.25, 0.3) is 10.0 Å². The number of aryl methyl sites for hydroxylation is 1. The highest BCUT2D eigenvalue weighted by Gasteiger charge is 2.34. The van der Waals surface area contributed by atoms with E-state index in [-0.39, 0.29) is 34.2 Å². The third kappa shape index (κ3) is 5.53. The van der Waals surface area contributed by atoms with Crippen molar-refractivity contribution >= 4 is 49.7 Å². The van der Waals surface area contributed by atoms with Gasteiger partial charge in [-0.15, -0.1) is 0 Å². The monoisotopic (exact) mass is 565 g/mol. The van der Waals surface area contributed by atoms with E-state index in [2.05, 4.69) is 0 Å². The van der Waals surface area contributed by atoms with Crippen molar-refractivity contribution in [3.05, 3.63) is 132 Å². The fourth-order valence-electron chi connectivity index (χ4n) is 4.40. The third-order valence-corrected chi connectivity index (χ3v) is 8.08. The molecule has 0 aliphatic carbocycles. The SMILES string of the molecule is CCOC(=O)/C(C(=Nc1ccccc1)c1cn(S(=O)(=O)c2ccc(C)cc2)c2ccccc12)=[N+](/[O-])c1ccccc1. The molecule has 0 saturated carbocycles. The van der Waals surface area contributed by atoms with Gasteiger partial charge >= 0.3 is 11.7 Å². The zero-order valence-corrected chi connectivity index (χ0v) is 23.3. The maximum Gasteiger partial charge on any atom is 0.407 e. The maximum absolute atomic E-state index is 13.9. The Kier molecular flexibility index (Phi) is 7.80. The lowest BCUT2D eigenvalue weighted by atomic mass is 10.0. The summed E-state index contributed by atoms with van der Waals surface area (Å²) in [6, 6.07) is 30.5. The molecule has 5 aromatic rings. The summed E-state index contributed by atoms with van der Waals surface area (Å²) in [6.07, 6.45) is 1.40. The molecule has 9 heteroatoms. The third-order valence-electron chi connectivity index (χ3n) is 6.39. The number of aliphatic imine (C=N–C) groups is 1. The topological polar surface area (TPSA) is 104 Å². The van der Waals surface area contributed by atoms with Crippen molar-refractivity contribution in [3.63, 3.8) is 0 Å². The summed E-state index contributed by atoms with van der Waals surface area (Å²) < 4.78 is 34.7. The molecule has 0 aliphatic heterocycles. The lowest BCUT2D eigenvalue weighted by Crippen LogP contribution is -2.33. The number of aromatic nitrogens is 1. The highest BCUT2D eigenvalue weighted by Crippen LogP contribution is 2.29. The summed E-state index contributed by atoms with van der Waals surface area (Å²) in [5.41, 5.74) is 1.81. The van der Waals surface area contributed by atoms with Gasteiger partial charge in [-0.2, -0.15) is 4.74 Å². The lowest BCUT2D eigenvalue weighted by molar-refractivity contribution is -0.358. The molecular formula is C32H27N3O5S. The van der Waals surface area contributed by atoms with Crippen LogP contribution in [0.1, 0.15) is 18.1 Å². The van der Waals surface area contributed by atoms with E-state index < -0.39 is 16.0 Å². The van der Waals surface area contributed by atoms with Crippen LogP contribution in [0.15, 0.2) is 125 Å². The first-order valence-electron chi connectivity index (χ1n) is 12.9. The van der Waals surface area contributed by atoms with Gasteiger partial charge in [-0.1, -0.05) is 72.3 Å². The summed E-state index contributed by atoms with van der Waals surface area (Å²) in [6.45, 7) is 3.54. The molecular weight excluding hydrogens is 538 g/mol. The van der Waals surface area contributed by atoms with Gasteiger partial charge < -0.3 is 9.94 Å². The number of ether oxygens (including phenoxy) is 1. The van der Waals surface area contributed by atoms with Crippen molar-refractivity contribution in [1.29, 1.82) is 0 Å². The zero-order chi connectivity index (χ0) is 29.0. The summed E-state index contributed by atoms with van der Waals surface area (Å²) in [5.74, 6) is -0.890. The first-order chi connectivity index (χ1) is 19.8. The van der Waals surface area contributed by atoms with Crippen LogP contribution in [0.3, 0.4) is 0 Å². The Labute approximate surface area is 238 Å². The normalized spacial score (nSPS) is 12.7. The first kappa shape index (κ1) is 27.5. The van der Waals surface area contributed by atoms with E-state index in [0.29, 0.717) is 21.3 Å². The fourth-order valence-corrected chi connectivity index (χ4v) is 5.77. The van der Waals surface area contributed by atoms with Crippen LogP contribution in [0.5, 0.6) is 0 Å². The fraction of sp³-hybridized carbons (Fsp3) is 0.0938. The maximum atomic E-state index is 13.9. The van der Waals surface area contributed by atoms with Crippen molar-refractivity contribution in [2.75, 3.05) is 6.61 Å². The Morgan fingerprint density at radius 1 is 0.878 bits per heavy atom. The highest BCUT2D eigenvalue weighted by atomic mass is 32.2. The number of nitrogens with zero attached hydrogens (tertiary/aromatic N) is 3. The minimum absolute atomic E-state index is 0.0210. The van der Waals surface area contributed by atoms with Gasteiger partial charge in [0.15, 0.2) is 5.71 Å². The van der Waals surface area contributed by atoms with Gasteiger partial charge in [0.05, 0.1) is 22.7 Å². The smallest absolute Gasteiger partial charge is 0.407 e. The number of rotatable bonds is 8. The molecule has 1 aromatic heterocycles. The van der Waals surface area contributed by atoms with Crippen LogP contribution in [0.25, 0.3) is 10.9 Å². The standard InChI is InChI=1S/C32H27N3O5S/c1-3-40-32(36)31(35(37)25-14-8-5-9-15-25)30(33-24-12-6-4-7-13-24)28-22-34(29-17-11-10-16-27(28)29)41(38,39)26-20-18-23(2)19-21-26/h4-22H,3H2,1-2H3/b33-30?,35-31+. The second-order valence-electron chi connectivity index (χ2n) is 9.17. The lowest BCUT2D eigenvalue weighted by Gasteiger charge is -2.12. The van der Waals surface area contributed by atoms with Crippen LogP contribution in [0.2, 0.25) is 0 Å². The van der Waals surface area contributed by atoms with Gasteiger partial charge in [0.1, 0.15) is 0 Å². The summed E-state index contributed by atoms with van der Waals surface area (Å²) in [7, 11) is -4.05. The Balaban J connectivity index is 1.84. The second-order valence-corrected chi connectivity index (χ2v) is 11.0. The largest absolute Gasteiger partial charge is 0.618 e. The van der Waals surface area contributed by atoms with Crippen LogP contribution in [0, 0.1) is 12.1 Å². The Morgan fingerprint density at radius 2 is 1.49 bits per heavy atom. The molecule has 41 heavy (non-hydrogen) atoms. The van der Waals surface area contributed by atoms with E-state index >= 15 is 0 Å². The van der Waals surface area contributed by atoms with E-state index in [1.165, 1.54) is 6.20 Å². The number of fused-ring (bicyclic) bond motifs is 1. The predicted molar refractivity (Wildman–Crippen MR) is 160 cm³/mol. The van der Waals surface area contributed by atoms with Crippen LogP contribution < -0.4 is 0 Å². The molecule has 0 spiro atoms. The Morgan fingerprint density at radius 3 is 2.15 bits per heavy atom. The number of benzene rings is 4. The molecule has 206 valence electrons. The van der Waals surface area contributed by atoms with Crippen LogP contribution >= 0.6 is 0 Å². The van der Waals surface area contributed by atoms with Crippen LogP contribution in [-0.2, 0) is 19.6 Å². The molecule has 0 fully saturated rings. The molecule has 0 bridgehead atoms. The molecule has 5 rings (SSSR count). The summed E-state index contributed by atoms with van der Waals surface area (Å²) >= 11 is 0. The minimum atomic E-state index is -4.05. The zero-order valence-electron chi connectivity index (χ0n) is 22.5. The predicted octanol–water partition coefficient (Wildman–Crippen LogP) is 6.15. The van der Waals surface area contributed by atoms with Gasteiger partial charge in [-0.25, -0.2) is 22.2 Å². The van der Waals surface area contributed by atoms with E-state index in [1.807, 2.05) is 13.0 Å². The highest BCUT2D eigenvalue weighted by molar-refractivity contribution is 7.90. The Bertz CT molecular complexity index is 1880. The molecule has 8 nitrogen and oxygen atoms in total. The number of hydrogen-bond donors (Lipinski definition) is 0. The van der Waals surface area contributed by atoms with Crippen molar-refractivity contribution in [2.45, 2.75) is 18.7 Å². The van der Waals surface area contributed by atoms with Crippen molar-refractivity contribution in [2.24, 2.45) is 4.99 Å². The number of para-hydroxylation sites is 3. The second kappa shape index (κ2) is 11.6. The molecule has 0 atom stereocenters. The van der Waals surface area contributed by atoms with E-state index in [0.717, 1.165) is 9.54 Å². The van der Waals surface area contributed by atoms with Crippen molar-refractivity contribution in [3.8, 4) is 0 Å². The molecule has 1 heterocycles. The van der Waals surface area contributed by atoms with Crippen molar-refractivity contribution in [1.82, 2.24) is 3.97 Å². The van der Waals surface area contributed by atoms with E-state index in [1.54, 1.807) is 110 Å². The molecule has 0 saturated heterocycles. The molecule has 0 radical (unpaired) electrons. The number of carbonyl (C=O) groups excluding carboxylic acids is 1.